The first-order valence-electron chi connectivity index (χ1n) is 5.23. The molecule has 1 fully saturated rings. The summed E-state index contributed by atoms with van der Waals surface area (Å²) >= 11 is 0. The van der Waals surface area contributed by atoms with Crippen molar-refractivity contribution in [3.8, 4) is 0 Å². The van der Waals surface area contributed by atoms with Crippen LogP contribution in [0.25, 0.3) is 0 Å². The Bertz CT molecular complexity index is 261. The van der Waals surface area contributed by atoms with Crippen molar-refractivity contribution >= 4 is 11.9 Å². The smallest absolute Gasteiger partial charge is 0.306 e. The quantitative estimate of drug-likeness (QED) is 0.669. The summed E-state index contributed by atoms with van der Waals surface area (Å²) in [5.41, 5.74) is 5.24. The van der Waals surface area contributed by atoms with Gasteiger partial charge in [0.05, 0.1) is 12.0 Å². The van der Waals surface area contributed by atoms with Crippen molar-refractivity contribution in [2.45, 2.75) is 26.3 Å². The molecule has 0 aromatic rings. The van der Waals surface area contributed by atoms with Crippen LogP contribution < -0.4 is 5.73 Å². The molecular formula is C10H18N2O3. The van der Waals surface area contributed by atoms with E-state index in [2.05, 4.69) is 0 Å². The number of nitrogens with zero attached hydrogens (tertiary/aromatic N) is 1. The molecule has 5 nitrogen and oxygen atoms in total. The zero-order valence-corrected chi connectivity index (χ0v) is 9.14. The number of amides is 1. The molecule has 1 heterocycles. The molecule has 5 heteroatoms. The van der Waals surface area contributed by atoms with Gasteiger partial charge in [-0.25, -0.2) is 0 Å². The summed E-state index contributed by atoms with van der Waals surface area (Å²) in [5.74, 6) is -1.28. The normalized spacial score (nSPS) is 21.7. The number of primary amides is 1. The summed E-state index contributed by atoms with van der Waals surface area (Å²) in [4.78, 5) is 23.7. The molecule has 0 radical (unpaired) electrons. The Kier molecular flexibility index (Phi) is 3.68. The Morgan fingerprint density at radius 2 is 2.07 bits per heavy atom. The van der Waals surface area contributed by atoms with E-state index in [1.165, 1.54) is 0 Å². The monoisotopic (exact) mass is 214 g/mol. The third-order valence-electron chi connectivity index (χ3n) is 3.19. The molecule has 0 saturated carbocycles. The maximum atomic E-state index is 11.0. The Morgan fingerprint density at radius 3 is 2.40 bits per heavy atom. The lowest BCUT2D eigenvalue weighted by Crippen LogP contribution is -2.58. The summed E-state index contributed by atoms with van der Waals surface area (Å²) in [5, 5.41) is 8.80. The molecule has 0 bridgehead atoms. The minimum Gasteiger partial charge on any atom is -0.481 e. The topological polar surface area (TPSA) is 83.6 Å². The predicted molar refractivity (Wildman–Crippen MR) is 55.1 cm³/mol. The zero-order chi connectivity index (χ0) is 11.6. The van der Waals surface area contributed by atoms with E-state index in [9.17, 15) is 9.59 Å². The number of hydrogen-bond donors (Lipinski definition) is 2. The van der Waals surface area contributed by atoms with Crippen LogP contribution in [-0.2, 0) is 9.59 Å². The molecule has 15 heavy (non-hydrogen) atoms. The molecule has 0 aromatic carbocycles. The molecule has 2 atom stereocenters. The largest absolute Gasteiger partial charge is 0.481 e. The molecule has 1 rings (SSSR count). The second-order valence-corrected chi connectivity index (χ2v) is 4.17. The first-order chi connectivity index (χ1) is 6.97. The molecule has 3 N–H and O–H groups in total. The van der Waals surface area contributed by atoms with Gasteiger partial charge in [0.25, 0.3) is 0 Å². The van der Waals surface area contributed by atoms with Gasteiger partial charge in [-0.2, -0.15) is 0 Å². The number of nitrogens with two attached hydrogens (primary N) is 1. The fraction of sp³-hybridized carbons (Fsp3) is 0.800. The van der Waals surface area contributed by atoms with Crippen LogP contribution in [0.2, 0.25) is 0 Å². The van der Waals surface area contributed by atoms with Gasteiger partial charge in [-0.1, -0.05) is 13.8 Å². The predicted octanol–water partition coefficient (Wildman–Crippen LogP) is -0.0972. The van der Waals surface area contributed by atoms with Gasteiger partial charge in [0.1, 0.15) is 0 Å². The van der Waals surface area contributed by atoms with Crippen molar-refractivity contribution in [3.05, 3.63) is 0 Å². The van der Waals surface area contributed by atoms with Gasteiger partial charge in [-0.15, -0.1) is 0 Å². The van der Waals surface area contributed by atoms with E-state index >= 15 is 0 Å². The fourth-order valence-electron chi connectivity index (χ4n) is 1.96. The first-order valence-corrected chi connectivity index (χ1v) is 5.23. The van der Waals surface area contributed by atoms with Gasteiger partial charge in [-0.05, 0) is 12.3 Å². The van der Waals surface area contributed by atoms with E-state index in [-0.39, 0.29) is 23.8 Å². The van der Waals surface area contributed by atoms with Gasteiger partial charge in [0, 0.05) is 13.1 Å². The van der Waals surface area contributed by atoms with Crippen LogP contribution in [0.3, 0.4) is 0 Å². The van der Waals surface area contributed by atoms with E-state index in [4.69, 9.17) is 10.8 Å². The Balaban J connectivity index is 2.42. The summed E-state index contributed by atoms with van der Waals surface area (Å²) in [7, 11) is 0. The lowest BCUT2D eigenvalue weighted by atomic mass is 9.85. The molecule has 1 amide bonds. The second-order valence-electron chi connectivity index (χ2n) is 4.17. The van der Waals surface area contributed by atoms with Crippen molar-refractivity contribution in [2.75, 3.05) is 13.1 Å². The van der Waals surface area contributed by atoms with E-state index in [0.29, 0.717) is 19.5 Å². The maximum absolute atomic E-state index is 11.0. The van der Waals surface area contributed by atoms with Gasteiger partial charge >= 0.3 is 5.97 Å². The molecule has 1 aliphatic rings. The lowest BCUT2D eigenvalue weighted by Gasteiger charge is -2.44. The highest BCUT2D eigenvalue weighted by Crippen LogP contribution is 2.26. The molecule has 86 valence electrons. The van der Waals surface area contributed by atoms with Crippen LogP contribution in [0.5, 0.6) is 0 Å². The highest BCUT2D eigenvalue weighted by atomic mass is 16.4. The number of carbonyl (C=O) groups is 2. The van der Waals surface area contributed by atoms with E-state index in [0.717, 1.165) is 0 Å². The van der Waals surface area contributed by atoms with Crippen LogP contribution in [0.15, 0.2) is 0 Å². The molecule has 0 aliphatic carbocycles. The number of aliphatic carboxylic acids is 1. The molecule has 0 aromatic heterocycles. The Labute approximate surface area is 89.2 Å². The standard InChI is InChI=1S/C10H18N2O3/c1-3-8(9(11)13)12-4-7(5-12)6(2)10(14)15/h6-8H,3-5H2,1-2H3,(H2,11,13)(H,14,15). The summed E-state index contributed by atoms with van der Waals surface area (Å²) < 4.78 is 0. The van der Waals surface area contributed by atoms with Gasteiger partial charge < -0.3 is 10.8 Å². The van der Waals surface area contributed by atoms with Crippen LogP contribution in [-0.4, -0.2) is 41.0 Å². The van der Waals surface area contributed by atoms with E-state index in [1.54, 1.807) is 6.92 Å². The summed E-state index contributed by atoms with van der Waals surface area (Å²) in [6, 6.07) is -0.234. The van der Waals surface area contributed by atoms with Crippen LogP contribution in [0.1, 0.15) is 20.3 Å². The third kappa shape index (κ3) is 2.47. The summed E-state index contributed by atoms with van der Waals surface area (Å²) in [6.45, 7) is 4.93. The number of carboxylic acids is 1. The first kappa shape index (κ1) is 12.0. The van der Waals surface area contributed by atoms with Crippen LogP contribution in [0.4, 0.5) is 0 Å². The summed E-state index contributed by atoms with van der Waals surface area (Å²) in [6.07, 6.45) is 0.684. The average molecular weight is 214 g/mol. The zero-order valence-electron chi connectivity index (χ0n) is 9.14. The minimum atomic E-state index is -0.772. The van der Waals surface area contributed by atoms with Crippen LogP contribution >= 0.6 is 0 Å². The number of carboxylic acid groups (broad SMARTS) is 1. The van der Waals surface area contributed by atoms with E-state index in [1.807, 2.05) is 11.8 Å². The van der Waals surface area contributed by atoms with Crippen molar-refractivity contribution in [1.29, 1.82) is 0 Å². The van der Waals surface area contributed by atoms with Crippen molar-refractivity contribution in [1.82, 2.24) is 4.90 Å². The van der Waals surface area contributed by atoms with E-state index < -0.39 is 5.97 Å². The number of likely N-dealkylation sites (tertiary alicyclic amines) is 1. The average Bonchev–Trinajstić information content (AvgIpc) is 2.08. The Hall–Kier alpha value is -1.10. The molecule has 2 unspecified atom stereocenters. The third-order valence-corrected chi connectivity index (χ3v) is 3.19. The number of carbonyl (C=O) groups excluding carboxylic acids is 1. The van der Waals surface area contributed by atoms with Crippen molar-refractivity contribution in [2.24, 2.45) is 17.6 Å². The SMILES string of the molecule is CCC(C(N)=O)N1CC(C(C)C(=O)O)C1. The number of rotatable bonds is 5. The lowest BCUT2D eigenvalue weighted by molar-refractivity contribution is -0.146. The maximum Gasteiger partial charge on any atom is 0.306 e. The molecule has 1 saturated heterocycles. The van der Waals surface area contributed by atoms with Crippen LogP contribution in [0, 0.1) is 11.8 Å². The molecule has 0 spiro atoms. The van der Waals surface area contributed by atoms with Gasteiger partial charge in [0.2, 0.25) is 5.91 Å². The second kappa shape index (κ2) is 4.61. The van der Waals surface area contributed by atoms with Crippen molar-refractivity contribution in [3.63, 3.8) is 0 Å². The number of hydrogen-bond acceptors (Lipinski definition) is 3. The molecular weight excluding hydrogens is 196 g/mol. The highest BCUT2D eigenvalue weighted by molar-refractivity contribution is 5.80. The minimum absolute atomic E-state index is 0.149. The van der Waals surface area contributed by atoms with Gasteiger partial charge in [-0.3, -0.25) is 14.5 Å². The fourth-order valence-corrected chi connectivity index (χ4v) is 1.96. The van der Waals surface area contributed by atoms with Gasteiger partial charge in [0.15, 0.2) is 0 Å². The highest BCUT2D eigenvalue weighted by Gasteiger charge is 2.38. The Morgan fingerprint density at radius 1 is 1.53 bits per heavy atom. The van der Waals surface area contributed by atoms with Crippen molar-refractivity contribution < 1.29 is 14.7 Å². The molecule has 1 aliphatic heterocycles.